The molecule has 0 aliphatic carbocycles. The summed E-state index contributed by atoms with van der Waals surface area (Å²) in [5.74, 6) is -0.742. The van der Waals surface area contributed by atoms with Crippen molar-refractivity contribution in [3.63, 3.8) is 0 Å². The van der Waals surface area contributed by atoms with E-state index in [1.807, 2.05) is 6.07 Å². The van der Waals surface area contributed by atoms with Crippen molar-refractivity contribution < 1.29 is 24.1 Å². The van der Waals surface area contributed by atoms with E-state index in [0.717, 1.165) is 18.2 Å². The lowest BCUT2D eigenvalue weighted by Crippen LogP contribution is -2.14. The SMILES string of the molecule is CCOc1cc(/C=C(\C#N)C(=O)Nc2c(C)cccc2Cl)cc(Br)c1Oc1ccc([N+](=O)[O-])cc1[N+](=O)[O-]. The Kier molecular flexibility index (Phi) is 9.01. The van der Waals surface area contributed by atoms with Gasteiger partial charge in [0.15, 0.2) is 11.5 Å². The van der Waals surface area contributed by atoms with E-state index in [-0.39, 0.29) is 33.9 Å². The van der Waals surface area contributed by atoms with Crippen LogP contribution in [0.3, 0.4) is 0 Å². The van der Waals surface area contributed by atoms with Gasteiger partial charge in [-0.1, -0.05) is 23.7 Å². The molecule has 0 unspecified atom stereocenters. The number of nitrogens with one attached hydrogen (secondary N) is 1. The van der Waals surface area contributed by atoms with Crippen LogP contribution in [0.25, 0.3) is 6.08 Å². The van der Waals surface area contributed by atoms with Crippen LogP contribution in [0.2, 0.25) is 5.02 Å². The molecule has 0 saturated carbocycles. The first-order chi connectivity index (χ1) is 18.0. The molecule has 13 heteroatoms. The molecule has 0 radical (unpaired) electrons. The zero-order chi connectivity index (χ0) is 28.0. The van der Waals surface area contributed by atoms with Crippen molar-refractivity contribution >= 4 is 56.6 Å². The van der Waals surface area contributed by atoms with Gasteiger partial charge in [0.1, 0.15) is 11.6 Å². The minimum atomic E-state index is -0.799. The van der Waals surface area contributed by atoms with Crippen LogP contribution in [-0.2, 0) is 4.79 Å². The normalized spacial score (nSPS) is 10.9. The largest absolute Gasteiger partial charge is 0.490 e. The summed E-state index contributed by atoms with van der Waals surface area (Å²) in [6.07, 6.45) is 1.33. The van der Waals surface area contributed by atoms with Crippen molar-refractivity contribution in [3.05, 3.63) is 95.0 Å². The maximum absolute atomic E-state index is 12.8. The monoisotopic (exact) mass is 600 g/mol. The number of nitriles is 1. The molecule has 3 aromatic carbocycles. The van der Waals surface area contributed by atoms with E-state index in [4.69, 9.17) is 21.1 Å². The number of hydrogen-bond acceptors (Lipinski definition) is 8. The quantitative estimate of drug-likeness (QED) is 0.119. The van der Waals surface area contributed by atoms with Gasteiger partial charge in [0.25, 0.3) is 11.6 Å². The number of amides is 1. The van der Waals surface area contributed by atoms with E-state index in [9.17, 15) is 30.3 Å². The number of carbonyl (C=O) groups excluding carboxylic acids is 1. The lowest BCUT2D eigenvalue weighted by molar-refractivity contribution is -0.394. The standard InChI is InChI=1S/C25H18BrClN4O7/c1-3-37-22-11-15(9-16(13-28)25(32)29-23-14(2)5-4-6-19(23)27)10-18(26)24(22)38-21-8-7-17(30(33)34)12-20(21)31(35)36/h4-12H,3H2,1-2H3,(H,29,32)/b16-9+. The summed E-state index contributed by atoms with van der Waals surface area (Å²) in [4.78, 5) is 33.8. The van der Waals surface area contributed by atoms with Gasteiger partial charge in [-0.3, -0.25) is 25.0 Å². The van der Waals surface area contributed by atoms with E-state index < -0.39 is 27.1 Å². The van der Waals surface area contributed by atoms with E-state index in [1.165, 1.54) is 18.2 Å². The van der Waals surface area contributed by atoms with Crippen LogP contribution >= 0.6 is 27.5 Å². The Balaban J connectivity index is 2.00. The number of para-hydroxylation sites is 1. The zero-order valence-electron chi connectivity index (χ0n) is 19.9. The van der Waals surface area contributed by atoms with E-state index in [0.29, 0.717) is 21.8 Å². The van der Waals surface area contributed by atoms with Crippen molar-refractivity contribution in [2.24, 2.45) is 0 Å². The smallest absolute Gasteiger partial charge is 0.318 e. The summed E-state index contributed by atoms with van der Waals surface area (Å²) < 4.78 is 11.7. The molecular weight excluding hydrogens is 584 g/mol. The van der Waals surface area contributed by atoms with Crippen LogP contribution < -0.4 is 14.8 Å². The minimum absolute atomic E-state index is 0.0515. The number of hydrogen-bond donors (Lipinski definition) is 1. The Morgan fingerprint density at radius 3 is 2.50 bits per heavy atom. The van der Waals surface area contributed by atoms with Crippen molar-refractivity contribution in [1.29, 1.82) is 5.26 Å². The number of aryl methyl sites for hydroxylation is 1. The van der Waals surface area contributed by atoms with Gasteiger partial charge in [0.05, 0.1) is 37.7 Å². The molecule has 1 amide bonds. The molecule has 38 heavy (non-hydrogen) atoms. The lowest BCUT2D eigenvalue weighted by atomic mass is 10.1. The van der Waals surface area contributed by atoms with Crippen LogP contribution in [0.4, 0.5) is 17.1 Å². The molecule has 0 fully saturated rings. The Labute approximate surface area is 229 Å². The second kappa shape index (κ2) is 12.2. The number of nitrogens with zero attached hydrogens (tertiary/aromatic N) is 3. The van der Waals surface area contributed by atoms with Crippen LogP contribution in [0.15, 0.2) is 58.6 Å². The van der Waals surface area contributed by atoms with Gasteiger partial charge in [-0.2, -0.15) is 5.26 Å². The van der Waals surface area contributed by atoms with Crippen LogP contribution in [-0.4, -0.2) is 22.4 Å². The summed E-state index contributed by atoms with van der Waals surface area (Å²) in [5, 5.41) is 35.1. The van der Waals surface area contributed by atoms with E-state index in [1.54, 1.807) is 32.0 Å². The van der Waals surface area contributed by atoms with Gasteiger partial charge >= 0.3 is 5.69 Å². The molecule has 0 heterocycles. The highest BCUT2D eigenvalue weighted by molar-refractivity contribution is 9.10. The van der Waals surface area contributed by atoms with Crippen molar-refractivity contribution in [2.45, 2.75) is 13.8 Å². The van der Waals surface area contributed by atoms with Crippen molar-refractivity contribution in [1.82, 2.24) is 0 Å². The summed E-state index contributed by atoms with van der Waals surface area (Å²) in [6.45, 7) is 3.65. The van der Waals surface area contributed by atoms with Gasteiger partial charge in [-0.15, -0.1) is 0 Å². The highest BCUT2D eigenvalue weighted by Gasteiger charge is 2.24. The molecular formula is C25H18BrClN4O7. The third-order valence-corrected chi connectivity index (χ3v) is 5.93. The predicted molar refractivity (Wildman–Crippen MR) is 144 cm³/mol. The zero-order valence-corrected chi connectivity index (χ0v) is 22.2. The van der Waals surface area contributed by atoms with Crippen molar-refractivity contribution in [3.8, 4) is 23.3 Å². The minimum Gasteiger partial charge on any atom is -0.490 e. The number of ether oxygens (including phenoxy) is 2. The molecule has 0 bridgehead atoms. The maximum Gasteiger partial charge on any atom is 0.318 e. The average Bonchev–Trinajstić information content (AvgIpc) is 2.86. The lowest BCUT2D eigenvalue weighted by Gasteiger charge is -2.15. The van der Waals surface area contributed by atoms with Crippen LogP contribution in [0.1, 0.15) is 18.1 Å². The number of benzene rings is 3. The van der Waals surface area contributed by atoms with Gasteiger partial charge in [0.2, 0.25) is 5.75 Å². The number of halogens is 2. The van der Waals surface area contributed by atoms with Crippen LogP contribution in [0, 0.1) is 38.5 Å². The number of anilines is 1. The molecule has 1 N–H and O–H groups in total. The Morgan fingerprint density at radius 1 is 1.16 bits per heavy atom. The van der Waals surface area contributed by atoms with Crippen molar-refractivity contribution in [2.75, 3.05) is 11.9 Å². The second-order valence-electron chi connectivity index (χ2n) is 7.59. The van der Waals surface area contributed by atoms with E-state index in [2.05, 4.69) is 21.2 Å². The van der Waals surface area contributed by atoms with Gasteiger partial charge in [0, 0.05) is 6.07 Å². The molecule has 0 spiro atoms. The third-order valence-electron chi connectivity index (χ3n) is 5.03. The van der Waals surface area contributed by atoms with Gasteiger partial charge in [-0.25, -0.2) is 0 Å². The summed E-state index contributed by atoms with van der Waals surface area (Å²) in [6, 6.07) is 12.9. The fraction of sp³-hybridized carbons (Fsp3) is 0.120. The first kappa shape index (κ1) is 28.1. The molecule has 0 atom stereocenters. The summed E-state index contributed by atoms with van der Waals surface area (Å²) >= 11 is 9.50. The van der Waals surface area contributed by atoms with E-state index >= 15 is 0 Å². The molecule has 3 aromatic rings. The molecule has 3 rings (SSSR count). The molecule has 0 saturated heterocycles. The predicted octanol–water partition coefficient (Wildman–Crippen LogP) is 6.96. The third kappa shape index (κ3) is 6.44. The van der Waals surface area contributed by atoms with Gasteiger partial charge < -0.3 is 14.8 Å². The number of rotatable bonds is 9. The first-order valence-corrected chi connectivity index (χ1v) is 12.0. The molecule has 0 aliphatic rings. The maximum atomic E-state index is 12.8. The number of nitro groups is 2. The molecule has 0 aromatic heterocycles. The Bertz CT molecular complexity index is 1500. The summed E-state index contributed by atoms with van der Waals surface area (Å²) in [5.41, 5.74) is 0.168. The highest BCUT2D eigenvalue weighted by atomic mass is 79.9. The fourth-order valence-corrected chi connectivity index (χ4v) is 4.09. The number of carbonyl (C=O) groups is 1. The Hall–Kier alpha value is -4.47. The fourth-order valence-electron chi connectivity index (χ4n) is 3.28. The van der Waals surface area contributed by atoms with Gasteiger partial charge in [-0.05, 0) is 71.2 Å². The van der Waals surface area contributed by atoms with Crippen LogP contribution in [0.5, 0.6) is 17.2 Å². The highest BCUT2D eigenvalue weighted by Crippen LogP contribution is 2.43. The summed E-state index contributed by atoms with van der Waals surface area (Å²) in [7, 11) is 0. The molecule has 194 valence electrons. The number of non-ortho nitro benzene ring substituents is 1. The molecule has 0 aliphatic heterocycles. The average molecular weight is 602 g/mol. The second-order valence-corrected chi connectivity index (χ2v) is 8.85. The molecule has 11 nitrogen and oxygen atoms in total. The number of nitro benzene ring substituents is 2. The Morgan fingerprint density at radius 2 is 1.89 bits per heavy atom. The topological polar surface area (TPSA) is 158 Å². The first-order valence-electron chi connectivity index (χ1n) is 10.8.